The van der Waals surface area contributed by atoms with Crippen LogP contribution in [0.15, 0.2) is 150 Å². The summed E-state index contributed by atoms with van der Waals surface area (Å²) in [5.74, 6) is 1.32. The smallest absolute Gasteiger partial charge is 0.145 e. The summed E-state index contributed by atoms with van der Waals surface area (Å²) >= 11 is 0. The van der Waals surface area contributed by atoms with Crippen molar-refractivity contribution in [3.63, 3.8) is 0 Å². The van der Waals surface area contributed by atoms with Crippen LogP contribution >= 0.6 is 0 Å². The second kappa shape index (κ2) is 14.7. The van der Waals surface area contributed by atoms with Crippen molar-refractivity contribution in [3.8, 4) is 39.6 Å². The fourth-order valence-corrected chi connectivity index (χ4v) is 6.24. The molecule has 0 saturated heterocycles. The first-order valence-electron chi connectivity index (χ1n) is 16.8. The molecule has 5 aromatic carbocycles. The van der Waals surface area contributed by atoms with E-state index in [4.69, 9.17) is 9.40 Å². The van der Waals surface area contributed by atoms with Gasteiger partial charge in [0.2, 0.25) is 0 Å². The molecule has 0 fully saturated rings. The number of hydrogen-bond donors (Lipinski definition) is 0. The third-order valence-electron chi connectivity index (χ3n) is 8.86. The monoisotopic (exact) mass is 839 g/mol. The number of imidazole rings is 1. The second-order valence-corrected chi connectivity index (χ2v) is 12.6. The number of rotatable bonds is 5. The minimum absolute atomic E-state index is 0. The number of para-hydroxylation sites is 1. The molecule has 0 amide bonds. The van der Waals surface area contributed by atoms with E-state index >= 15 is 0 Å². The van der Waals surface area contributed by atoms with Crippen LogP contribution in [-0.2, 0) is 20.1 Å². The Morgan fingerprint density at radius 2 is 1.49 bits per heavy atom. The number of nitrogens with zero attached hydrogens (tertiary/aromatic N) is 4. The van der Waals surface area contributed by atoms with Crippen molar-refractivity contribution in [2.45, 2.75) is 26.7 Å². The molecule has 51 heavy (non-hydrogen) atoms. The second-order valence-electron chi connectivity index (χ2n) is 12.6. The molecule has 1 radical (unpaired) electrons. The van der Waals surface area contributed by atoms with E-state index < -0.39 is 0 Å². The van der Waals surface area contributed by atoms with Crippen LogP contribution in [-0.4, -0.2) is 19.5 Å². The molecule has 9 rings (SSSR count). The summed E-state index contributed by atoms with van der Waals surface area (Å²) in [5.41, 5.74) is 11.9. The molecule has 0 aliphatic carbocycles. The molecule has 9 aromatic rings. The van der Waals surface area contributed by atoms with E-state index in [0.717, 1.165) is 72.6 Å². The summed E-state index contributed by atoms with van der Waals surface area (Å²) < 4.78 is 8.72. The Morgan fingerprint density at radius 3 is 2.22 bits per heavy atom. The van der Waals surface area contributed by atoms with Crippen molar-refractivity contribution in [2.75, 3.05) is 0 Å². The molecule has 0 atom stereocenters. The normalized spacial score (nSPS) is 11.1. The van der Waals surface area contributed by atoms with E-state index in [1.807, 2.05) is 80.0 Å². The van der Waals surface area contributed by atoms with Crippen molar-refractivity contribution in [1.82, 2.24) is 19.5 Å². The molecule has 251 valence electrons. The van der Waals surface area contributed by atoms with Gasteiger partial charge in [-0.3, -0.25) is 4.57 Å². The molecule has 4 aromatic heterocycles. The Hall–Kier alpha value is -5.68. The summed E-state index contributed by atoms with van der Waals surface area (Å²) in [7, 11) is 0. The Kier molecular flexibility index (Phi) is 9.72. The summed E-state index contributed by atoms with van der Waals surface area (Å²) in [6, 6.07) is 51.6. The Labute approximate surface area is 311 Å². The van der Waals surface area contributed by atoms with Crippen LogP contribution in [0.2, 0.25) is 0 Å². The SMILES string of the molecule is CC(C)c1ccnc(-c2[c-]ccc3c2oc2cc4nc(-c5ccccc5)n(-c5ccccc5)c4cc23)c1.Cc1ccc(-c2[c-]cccc2)nc1.[Ir]. The number of benzene rings is 5. The molecule has 0 N–H and O–H groups in total. The number of aromatic nitrogens is 4. The predicted molar refractivity (Wildman–Crippen MR) is 203 cm³/mol. The fourth-order valence-electron chi connectivity index (χ4n) is 6.24. The van der Waals surface area contributed by atoms with Crippen LogP contribution in [0.4, 0.5) is 0 Å². The molecule has 0 aliphatic rings. The van der Waals surface area contributed by atoms with E-state index in [1.54, 1.807) is 0 Å². The van der Waals surface area contributed by atoms with Gasteiger partial charge in [-0.15, -0.1) is 54.1 Å². The Morgan fingerprint density at radius 1 is 0.706 bits per heavy atom. The largest absolute Gasteiger partial charge is 0.501 e. The van der Waals surface area contributed by atoms with Gasteiger partial charge in [0.1, 0.15) is 11.4 Å². The maximum atomic E-state index is 6.49. The van der Waals surface area contributed by atoms with Crippen LogP contribution in [0.3, 0.4) is 0 Å². The van der Waals surface area contributed by atoms with Crippen molar-refractivity contribution in [2.24, 2.45) is 0 Å². The molecule has 0 unspecified atom stereocenters. The maximum absolute atomic E-state index is 6.49. The van der Waals surface area contributed by atoms with E-state index in [-0.39, 0.29) is 20.1 Å². The first-order chi connectivity index (χ1) is 24.5. The zero-order chi connectivity index (χ0) is 34.0. The van der Waals surface area contributed by atoms with Crippen LogP contribution in [0.25, 0.3) is 72.6 Å². The molecule has 0 bridgehead atoms. The van der Waals surface area contributed by atoms with E-state index in [9.17, 15) is 0 Å². The standard InChI is InChI=1S/C33H24N3O.C12H10N.Ir/c1-21(2)23-16-17-34-28(18-23)26-15-9-14-25-27-19-30-29(20-31(27)37-32(25)26)35-33(22-10-5-3-6-11-22)36(30)24-12-7-4-8-13-24;1-10-7-8-12(13-9-10)11-5-3-2-4-6-11;/h3-14,16-21H,1-2H3;2-5,7-9H,1H3;/q2*-1;. The van der Waals surface area contributed by atoms with Crippen LogP contribution in [0.5, 0.6) is 0 Å². The van der Waals surface area contributed by atoms with Gasteiger partial charge >= 0.3 is 0 Å². The molecule has 4 heterocycles. The maximum Gasteiger partial charge on any atom is 0.145 e. The fraction of sp³-hybridized carbons (Fsp3) is 0.0889. The number of fused-ring (bicyclic) bond motifs is 4. The number of pyridine rings is 2. The number of hydrogen-bond acceptors (Lipinski definition) is 4. The van der Waals surface area contributed by atoms with Crippen LogP contribution in [0.1, 0.15) is 30.9 Å². The quantitative estimate of drug-likeness (QED) is 0.162. The molecule has 5 nitrogen and oxygen atoms in total. The van der Waals surface area contributed by atoms with Gasteiger partial charge in [0.15, 0.2) is 0 Å². The first-order valence-corrected chi connectivity index (χ1v) is 16.8. The van der Waals surface area contributed by atoms with Crippen LogP contribution in [0, 0.1) is 19.1 Å². The average Bonchev–Trinajstić information content (AvgIpc) is 3.73. The average molecular weight is 839 g/mol. The van der Waals surface area contributed by atoms with Crippen molar-refractivity contribution < 1.29 is 24.5 Å². The van der Waals surface area contributed by atoms with E-state index in [1.165, 1.54) is 11.1 Å². The first kappa shape index (κ1) is 33.8. The van der Waals surface area contributed by atoms with Gasteiger partial charge in [0, 0.05) is 55.2 Å². The van der Waals surface area contributed by atoms with E-state index in [0.29, 0.717) is 5.92 Å². The third kappa shape index (κ3) is 6.76. The van der Waals surface area contributed by atoms with Gasteiger partial charge in [-0.2, -0.15) is 0 Å². The zero-order valence-corrected chi connectivity index (χ0v) is 30.9. The van der Waals surface area contributed by atoms with Gasteiger partial charge in [-0.05, 0) is 54.1 Å². The molecular weight excluding hydrogens is 805 g/mol. The molecule has 0 aliphatic heterocycles. The summed E-state index contributed by atoms with van der Waals surface area (Å²) in [6.45, 7) is 6.41. The van der Waals surface area contributed by atoms with Gasteiger partial charge in [-0.1, -0.05) is 97.1 Å². The zero-order valence-electron chi connectivity index (χ0n) is 28.5. The molecular formula is C45H34IrN4O-2. The predicted octanol–water partition coefficient (Wildman–Crippen LogP) is 11.4. The Bertz CT molecular complexity index is 2560. The summed E-state index contributed by atoms with van der Waals surface area (Å²) in [4.78, 5) is 14.0. The molecule has 0 spiro atoms. The number of furan rings is 1. The summed E-state index contributed by atoms with van der Waals surface area (Å²) in [6.07, 6.45) is 3.74. The van der Waals surface area contributed by atoms with Gasteiger partial charge in [0.05, 0.1) is 16.6 Å². The minimum atomic E-state index is 0. The summed E-state index contributed by atoms with van der Waals surface area (Å²) in [5, 5.41) is 2.10. The van der Waals surface area contributed by atoms with Gasteiger partial charge in [0.25, 0.3) is 0 Å². The van der Waals surface area contributed by atoms with Crippen LogP contribution < -0.4 is 0 Å². The minimum Gasteiger partial charge on any atom is -0.501 e. The Balaban J connectivity index is 0.000000245. The third-order valence-corrected chi connectivity index (χ3v) is 8.86. The van der Waals surface area contributed by atoms with Crippen molar-refractivity contribution in [3.05, 3.63) is 169 Å². The molecule has 0 saturated carbocycles. The van der Waals surface area contributed by atoms with Crippen molar-refractivity contribution >= 4 is 33.0 Å². The van der Waals surface area contributed by atoms with Gasteiger partial charge < -0.3 is 14.4 Å². The molecule has 6 heteroatoms. The topological polar surface area (TPSA) is 56.7 Å². The van der Waals surface area contributed by atoms with Gasteiger partial charge in [-0.25, -0.2) is 4.98 Å². The van der Waals surface area contributed by atoms with E-state index in [2.05, 4.69) is 113 Å². The van der Waals surface area contributed by atoms with Crippen molar-refractivity contribution in [1.29, 1.82) is 0 Å². The number of aryl methyl sites for hydroxylation is 1.